The van der Waals surface area contributed by atoms with Crippen molar-refractivity contribution in [2.45, 2.75) is 58.0 Å². The Morgan fingerprint density at radius 2 is 1.82 bits per heavy atom. The third-order valence-corrected chi connectivity index (χ3v) is 5.33. The van der Waals surface area contributed by atoms with Crippen molar-refractivity contribution in [1.29, 1.82) is 0 Å². The van der Waals surface area contributed by atoms with E-state index in [0.29, 0.717) is 24.4 Å². The summed E-state index contributed by atoms with van der Waals surface area (Å²) < 4.78 is 0. The van der Waals surface area contributed by atoms with Crippen LogP contribution in [0, 0.1) is 11.8 Å². The molecular formula is C19H28N2O. The number of amides is 1. The molecule has 2 atom stereocenters. The van der Waals surface area contributed by atoms with Gasteiger partial charge in [0, 0.05) is 18.5 Å². The van der Waals surface area contributed by atoms with Gasteiger partial charge in [-0.05, 0) is 55.7 Å². The predicted octanol–water partition coefficient (Wildman–Crippen LogP) is 3.12. The van der Waals surface area contributed by atoms with Crippen LogP contribution >= 0.6 is 0 Å². The lowest BCUT2D eigenvalue weighted by Crippen LogP contribution is -2.40. The molecule has 0 aromatic heterocycles. The molecule has 2 N–H and O–H groups in total. The third-order valence-electron chi connectivity index (χ3n) is 5.33. The average molecular weight is 300 g/mol. The SMILES string of the molecule is CCc1ccc(CN(C(=O)[C@@H]2CCC[C@@H]2CN)C2CC2)cc1. The number of nitrogens with two attached hydrogens (primary N) is 1. The zero-order valence-electron chi connectivity index (χ0n) is 13.6. The molecule has 0 aliphatic heterocycles. The standard InChI is InChI=1S/C19H28N2O/c1-2-14-6-8-15(9-7-14)13-21(17-10-11-17)19(22)18-5-3-4-16(18)12-20/h6-9,16-18H,2-5,10-13,20H2,1H3/t16-,18-/m1/s1. The predicted molar refractivity (Wildman–Crippen MR) is 89.3 cm³/mol. The van der Waals surface area contributed by atoms with Crippen molar-refractivity contribution in [1.82, 2.24) is 4.90 Å². The Kier molecular flexibility index (Phi) is 4.82. The van der Waals surface area contributed by atoms with Crippen molar-refractivity contribution in [3.05, 3.63) is 35.4 Å². The molecule has 1 aromatic carbocycles. The molecular weight excluding hydrogens is 272 g/mol. The molecule has 0 radical (unpaired) electrons. The first-order chi connectivity index (χ1) is 10.7. The molecule has 0 heterocycles. The van der Waals surface area contributed by atoms with Gasteiger partial charge in [-0.15, -0.1) is 0 Å². The molecule has 0 saturated heterocycles. The summed E-state index contributed by atoms with van der Waals surface area (Å²) in [5.41, 5.74) is 8.47. The van der Waals surface area contributed by atoms with Gasteiger partial charge in [0.25, 0.3) is 0 Å². The van der Waals surface area contributed by atoms with Gasteiger partial charge in [0.1, 0.15) is 0 Å². The van der Waals surface area contributed by atoms with Gasteiger partial charge in [0.2, 0.25) is 5.91 Å². The molecule has 2 aliphatic rings. The van der Waals surface area contributed by atoms with E-state index in [0.717, 1.165) is 32.2 Å². The van der Waals surface area contributed by atoms with Gasteiger partial charge in [0.15, 0.2) is 0 Å². The number of benzene rings is 1. The minimum Gasteiger partial charge on any atom is -0.335 e. The van der Waals surface area contributed by atoms with Gasteiger partial charge in [0.05, 0.1) is 0 Å². The molecule has 0 spiro atoms. The highest BCUT2D eigenvalue weighted by Crippen LogP contribution is 2.36. The monoisotopic (exact) mass is 300 g/mol. The highest BCUT2D eigenvalue weighted by Gasteiger charge is 2.40. The minimum absolute atomic E-state index is 0.167. The molecule has 120 valence electrons. The molecule has 1 aromatic rings. The van der Waals surface area contributed by atoms with Crippen molar-refractivity contribution in [2.75, 3.05) is 6.54 Å². The van der Waals surface area contributed by atoms with Crippen LogP contribution in [-0.2, 0) is 17.8 Å². The summed E-state index contributed by atoms with van der Waals surface area (Å²) in [5, 5.41) is 0. The summed E-state index contributed by atoms with van der Waals surface area (Å²) in [5.74, 6) is 0.923. The van der Waals surface area contributed by atoms with Crippen molar-refractivity contribution in [2.24, 2.45) is 17.6 Å². The zero-order valence-corrected chi connectivity index (χ0v) is 13.6. The summed E-state index contributed by atoms with van der Waals surface area (Å²) in [6.07, 6.45) is 6.70. The maximum Gasteiger partial charge on any atom is 0.226 e. The number of aryl methyl sites for hydroxylation is 1. The molecule has 2 fully saturated rings. The second-order valence-electron chi connectivity index (χ2n) is 6.90. The van der Waals surface area contributed by atoms with Gasteiger partial charge >= 0.3 is 0 Å². The molecule has 3 heteroatoms. The third kappa shape index (κ3) is 3.35. The van der Waals surface area contributed by atoms with Crippen LogP contribution in [0.2, 0.25) is 0 Å². The van der Waals surface area contributed by atoms with Crippen LogP contribution in [0.3, 0.4) is 0 Å². The highest BCUT2D eigenvalue weighted by atomic mass is 16.2. The Morgan fingerprint density at radius 1 is 1.14 bits per heavy atom. The first-order valence-electron chi connectivity index (χ1n) is 8.81. The van der Waals surface area contributed by atoms with Gasteiger partial charge in [-0.3, -0.25) is 4.79 Å². The van der Waals surface area contributed by atoms with E-state index in [1.54, 1.807) is 0 Å². The topological polar surface area (TPSA) is 46.3 Å². The van der Waals surface area contributed by atoms with Crippen LogP contribution in [0.15, 0.2) is 24.3 Å². The van der Waals surface area contributed by atoms with Gasteiger partial charge in [-0.25, -0.2) is 0 Å². The van der Waals surface area contributed by atoms with E-state index in [-0.39, 0.29) is 5.92 Å². The maximum absolute atomic E-state index is 13.0. The first-order valence-corrected chi connectivity index (χ1v) is 8.81. The second kappa shape index (κ2) is 6.82. The Balaban J connectivity index is 1.70. The second-order valence-corrected chi connectivity index (χ2v) is 6.90. The Morgan fingerprint density at radius 3 is 2.41 bits per heavy atom. The van der Waals surface area contributed by atoms with Crippen LogP contribution in [0.1, 0.15) is 50.2 Å². The van der Waals surface area contributed by atoms with Crippen molar-refractivity contribution < 1.29 is 4.79 Å². The molecule has 0 bridgehead atoms. The number of hydrogen-bond acceptors (Lipinski definition) is 2. The first kappa shape index (κ1) is 15.5. The number of carbonyl (C=O) groups is 1. The molecule has 2 aliphatic carbocycles. The molecule has 1 amide bonds. The molecule has 2 saturated carbocycles. The smallest absolute Gasteiger partial charge is 0.226 e. The lowest BCUT2D eigenvalue weighted by molar-refractivity contribution is -0.137. The fourth-order valence-corrected chi connectivity index (χ4v) is 3.71. The minimum atomic E-state index is 0.167. The van der Waals surface area contributed by atoms with Crippen LogP contribution in [0.4, 0.5) is 0 Å². The van der Waals surface area contributed by atoms with Gasteiger partial charge in [-0.1, -0.05) is 37.6 Å². The van der Waals surface area contributed by atoms with Crippen LogP contribution in [0.5, 0.6) is 0 Å². The molecule has 3 nitrogen and oxygen atoms in total. The maximum atomic E-state index is 13.0. The van der Waals surface area contributed by atoms with Crippen LogP contribution in [-0.4, -0.2) is 23.4 Å². The molecule has 22 heavy (non-hydrogen) atoms. The summed E-state index contributed by atoms with van der Waals surface area (Å²) in [4.78, 5) is 15.1. The van der Waals surface area contributed by atoms with Gasteiger partial charge < -0.3 is 10.6 Å². The van der Waals surface area contributed by atoms with Crippen LogP contribution < -0.4 is 5.73 Å². The van der Waals surface area contributed by atoms with E-state index in [2.05, 4.69) is 36.1 Å². The van der Waals surface area contributed by atoms with Crippen molar-refractivity contribution in [3.8, 4) is 0 Å². The average Bonchev–Trinajstić information content (AvgIpc) is 3.28. The van der Waals surface area contributed by atoms with E-state index in [9.17, 15) is 4.79 Å². The Bertz CT molecular complexity index is 507. The summed E-state index contributed by atoms with van der Waals surface area (Å²) in [7, 11) is 0. The fourth-order valence-electron chi connectivity index (χ4n) is 3.71. The van der Waals surface area contributed by atoms with Crippen molar-refractivity contribution >= 4 is 5.91 Å². The highest BCUT2D eigenvalue weighted by molar-refractivity contribution is 5.80. The van der Waals surface area contributed by atoms with Crippen LogP contribution in [0.25, 0.3) is 0 Å². The fraction of sp³-hybridized carbons (Fsp3) is 0.632. The van der Waals surface area contributed by atoms with E-state index in [1.807, 2.05) is 0 Å². The Hall–Kier alpha value is -1.35. The molecule has 0 unspecified atom stereocenters. The van der Waals surface area contributed by atoms with E-state index in [4.69, 9.17) is 5.73 Å². The largest absolute Gasteiger partial charge is 0.335 e. The lowest BCUT2D eigenvalue weighted by Gasteiger charge is -2.28. The summed E-state index contributed by atoms with van der Waals surface area (Å²) in [6, 6.07) is 9.19. The number of hydrogen-bond donors (Lipinski definition) is 1. The molecule has 3 rings (SSSR count). The number of nitrogens with zero attached hydrogens (tertiary/aromatic N) is 1. The Labute approximate surface area is 133 Å². The lowest BCUT2D eigenvalue weighted by atomic mass is 9.94. The quantitative estimate of drug-likeness (QED) is 0.877. The normalized spacial score (nSPS) is 24.5. The van der Waals surface area contributed by atoms with Gasteiger partial charge in [-0.2, -0.15) is 0 Å². The summed E-state index contributed by atoms with van der Waals surface area (Å²) >= 11 is 0. The summed E-state index contributed by atoms with van der Waals surface area (Å²) in [6.45, 7) is 3.59. The van der Waals surface area contributed by atoms with E-state index < -0.39 is 0 Å². The van der Waals surface area contributed by atoms with E-state index >= 15 is 0 Å². The number of rotatable bonds is 6. The zero-order chi connectivity index (χ0) is 15.5. The number of carbonyl (C=O) groups excluding carboxylic acids is 1. The van der Waals surface area contributed by atoms with Crippen molar-refractivity contribution in [3.63, 3.8) is 0 Å². The van der Waals surface area contributed by atoms with E-state index in [1.165, 1.54) is 24.0 Å².